The Bertz CT molecular complexity index is 382. The topological polar surface area (TPSA) is 55.8 Å². The van der Waals surface area contributed by atoms with E-state index in [0.717, 1.165) is 5.56 Å². The molecule has 0 amide bonds. The zero-order chi connectivity index (χ0) is 10.8. The van der Waals surface area contributed by atoms with Crippen LogP contribution in [0.5, 0.6) is 5.75 Å². The van der Waals surface area contributed by atoms with Crippen molar-refractivity contribution in [3.05, 3.63) is 29.3 Å². The van der Waals surface area contributed by atoms with Crippen LogP contribution in [0.1, 0.15) is 15.9 Å². The number of carbonyl (C=O) groups is 1. The SMILES string of the molecule is Cc1ccc(OC2COC2)c(C(=O)O)c1. The van der Waals surface area contributed by atoms with E-state index in [4.69, 9.17) is 14.6 Å². The molecule has 0 saturated carbocycles. The molecule has 0 unspecified atom stereocenters. The van der Waals surface area contributed by atoms with Crippen LogP contribution in [0.15, 0.2) is 18.2 Å². The van der Waals surface area contributed by atoms with Gasteiger partial charge in [-0.1, -0.05) is 11.6 Å². The normalized spacial score (nSPS) is 15.8. The van der Waals surface area contributed by atoms with Gasteiger partial charge >= 0.3 is 5.97 Å². The maximum atomic E-state index is 11.0. The van der Waals surface area contributed by atoms with Gasteiger partial charge in [-0.2, -0.15) is 0 Å². The molecule has 15 heavy (non-hydrogen) atoms. The third-order valence-corrected chi connectivity index (χ3v) is 2.27. The van der Waals surface area contributed by atoms with Gasteiger partial charge in [0, 0.05) is 0 Å². The van der Waals surface area contributed by atoms with Crippen LogP contribution in [0.2, 0.25) is 0 Å². The zero-order valence-corrected chi connectivity index (χ0v) is 8.40. The van der Waals surface area contributed by atoms with Crippen molar-refractivity contribution >= 4 is 5.97 Å². The summed E-state index contributed by atoms with van der Waals surface area (Å²) in [5, 5.41) is 8.98. The molecule has 4 heteroatoms. The zero-order valence-electron chi connectivity index (χ0n) is 8.40. The van der Waals surface area contributed by atoms with Crippen molar-refractivity contribution in [3.8, 4) is 5.75 Å². The van der Waals surface area contributed by atoms with Gasteiger partial charge in [-0.15, -0.1) is 0 Å². The van der Waals surface area contributed by atoms with Gasteiger partial charge in [0.15, 0.2) is 0 Å². The quantitative estimate of drug-likeness (QED) is 0.817. The third kappa shape index (κ3) is 2.10. The Morgan fingerprint density at radius 3 is 2.80 bits per heavy atom. The van der Waals surface area contributed by atoms with Crippen LogP contribution in [0.25, 0.3) is 0 Å². The molecule has 80 valence electrons. The maximum Gasteiger partial charge on any atom is 0.339 e. The van der Waals surface area contributed by atoms with Crippen molar-refractivity contribution in [2.75, 3.05) is 13.2 Å². The first-order valence-electron chi connectivity index (χ1n) is 4.75. The third-order valence-electron chi connectivity index (χ3n) is 2.27. The van der Waals surface area contributed by atoms with E-state index in [1.165, 1.54) is 0 Å². The Morgan fingerprint density at radius 2 is 2.27 bits per heavy atom. The Hall–Kier alpha value is -1.55. The Morgan fingerprint density at radius 1 is 1.53 bits per heavy atom. The monoisotopic (exact) mass is 208 g/mol. The van der Waals surface area contributed by atoms with Crippen molar-refractivity contribution in [3.63, 3.8) is 0 Å². The van der Waals surface area contributed by atoms with E-state index in [1.807, 2.05) is 13.0 Å². The van der Waals surface area contributed by atoms with Crippen LogP contribution in [0, 0.1) is 6.92 Å². The Labute approximate surface area is 87.4 Å². The summed E-state index contributed by atoms with van der Waals surface area (Å²) in [6.07, 6.45) is -0.00851. The van der Waals surface area contributed by atoms with Gasteiger partial charge in [-0.05, 0) is 19.1 Å². The second-order valence-electron chi connectivity index (χ2n) is 3.58. The fourth-order valence-electron chi connectivity index (χ4n) is 1.38. The number of hydrogen-bond acceptors (Lipinski definition) is 3. The Balaban J connectivity index is 2.23. The van der Waals surface area contributed by atoms with Crippen molar-refractivity contribution < 1.29 is 19.4 Å². The minimum absolute atomic E-state index is 0.00851. The van der Waals surface area contributed by atoms with Gasteiger partial charge in [-0.3, -0.25) is 0 Å². The standard InChI is InChI=1S/C11H12O4/c1-7-2-3-10(9(4-7)11(12)13)15-8-5-14-6-8/h2-4,8H,5-6H2,1H3,(H,12,13). The number of hydrogen-bond donors (Lipinski definition) is 1. The second kappa shape index (κ2) is 3.90. The molecule has 1 N–H and O–H groups in total. The van der Waals surface area contributed by atoms with E-state index < -0.39 is 5.97 Å². The van der Waals surface area contributed by atoms with Gasteiger partial charge in [0.2, 0.25) is 0 Å². The molecule has 0 aromatic heterocycles. The molecule has 1 aromatic rings. The van der Waals surface area contributed by atoms with Crippen molar-refractivity contribution in [1.82, 2.24) is 0 Å². The number of carboxylic acids is 1. The summed E-state index contributed by atoms with van der Waals surface area (Å²) in [5.41, 5.74) is 1.12. The molecular formula is C11H12O4. The highest BCUT2D eigenvalue weighted by molar-refractivity contribution is 5.91. The number of rotatable bonds is 3. The molecule has 1 aliphatic rings. The smallest absolute Gasteiger partial charge is 0.339 e. The molecule has 0 aliphatic carbocycles. The summed E-state index contributed by atoms with van der Waals surface area (Å²) >= 11 is 0. The number of benzene rings is 1. The number of carboxylic acid groups (broad SMARTS) is 1. The first-order chi connectivity index (χ1) is 7.16. The molecule has 1 heterocycles. The van der Waals surface area contributed by atoms with Crippen LogP contribution in [0.3, 0.4) is 0 Å². The van der Waals surface area contributed by atoms with Crippen LogP contribution in [-0.4, -0.2) is 30.4 Å². The second-order valence-corrected chi connectivity index (χ2v) is 3.58. The molecular weight excluding hydrogens is 196 g/mol. The summed E-state index contributed by atoms with van der Waals surface area (Å²) in [5.74, 6) is -0.546. The van der Waals surface area contributed by atoms with Crippen molar-refractivity contribution in [1.29, 1.82) is 0 Å². The van der Waals surface area contributed by atoms with E-state index in [0.29, 0.717) is 19.0 Å². The molecule has 1 aromatic carbocycles. The van der Waals surface area contributed by atoms with Gasteiger partial charge < -0.3 is 14.6 Å². The highest BCUT2D eigenvalue weighted by Gasteiger charge is 2.22. The number of ether oxygens (including phenoxy) is 2. The van der Waals surface area contributed by atoms with Crippen molar-refractivity contribution in [2.24, 2.45) is 0 Å². The van der Waals surface area contributed by atoms with E-state index in [-0.39, 0.29) is 11.7 Å². The predicted octanol–water partition coefficient (Wildman–Crippen LogP) is 1.47. The summed E-state index contributed by atoms with van der Waals surface area (Å²) in [7, 11) is 0. The van der Waals surface area contributed by atoms with Gasteiger partial charge in [0.05, 0.1) is 13.2 Å². The lowest BCUT2D eigenvalue weighted by molar-refractivity contribution is -0.0799. The van der Waals surface area contributed by atoms with E-state index in [9.17, 15) is 4.79 Å². The van der Waals surface area contributed by atoms with E-state index in [2.05, 4.69) is 0 Å². The van der Waals surface area contributed by atoms with Crippen LogP contribution < -0.4 is 4.74 Å². The Kier molecular flexibility index (Phi) is 2.60. The number of aromatic carboxylic acids is 1. The highest BCUT2D eigenvalue weighted by atomic mass is 16.6. The lowest BCUT2D eigenvalue weighted by atomic mass is 10.1. The number of aryl methyl sites for hydroxylation is 1. The van der Waals surface area contributed by atoms with E-state index >= 15 is 0 Å². The molecule has 1 aliphatic heterocycles. The summed E-state index contributed by atoms with van der Waals surface area (Å²) in [6.45, 7) is 2.92. The van der Waals surface area contributed by atoms with Gasteiger partial charge in [-0.25, -0.2) is 4.79 Å². The molecule has 4 nitrogen and oxygen atoms in total. The first-order valence-corrected chi connectivity index (χ1v) is 4.75. The molecule has 1 fully saturated rings. The lowest BCUT2D eigenvalue weighted by Gasteiger charge is -2.27. The fraction of sp³-hybridized carbons (Fsp3) is 0.364. The first kappa shape index (κ1) is 9.98. The van der Waals surface area contributed by atoms with Gasteiger partial charge in [0.1, 0.15) is 17.4 Å². The summed E-state index contributed by atoms with van der Waals surface area (Å²) in [4.78, 5) is 11.0. The van der Waals surface area contributed by atoms with Crippen LogP contribution in [-0.2, 0) is 4.74 Å². The average molecular weight is 208 g/mol. The fourth-order valence-corrected chi connectivity index (χ4v) is 1.38. The van der Waals surface area contributed by atoms with Crippen LogP contribution >= 0.6 is 0 Å². The molecule has 0 bridgehead atoms. The lowest BCUT2D eigenvalue weighted by Crippen LogP contribution is -2.38. The van der Waals surface area contributed by atoms with E-state index in [1.54, 1.807) is 12.1 Å². The minimum Gasteiger partial charge on any atom is -0.485 e. The van der Waals surface area contributed by atoms with Crippen molar-refractivity contribution in [2.45, 2.75) is 13.0 Å². The van der Waals surface area contributed by atoms with Gasteiger partial charge in [0.25, 0.3) is 0 Å². The molecule has 1 saturated heterocycles. The molecule has 0 spiro atoms. The molecule has 0 radical (unpaired) electrons. The highest BCUT2D eigenvalue weighted by Crippen LogP contribution is 2.22. The predicted molar refractivity (Wildman–Crippen MR) is 53.4 cm³/mol. The summed E-state index contributed by atoms with van der Waals surface area (Å²) in [6, 6.07) is 5.13. The molecule has 0 atom stereocenters. The maximum absolute atomic E-state index is 11.0. The largest absolute Gasteiger partial charge is 0.485 e. The van der Waals surface area contributed by atoms with Crippen LogP contribution in [0.4, 0.5) is 0 Å². The minimum atomic E-state index is -0.964. The molecule has 2 rings (SSSR count). The average Bonchev–Trinajstić information content (AvgIpc) is 2.12. The summed E-state index contributed by atoms with van der Waals surface area (Å²) < 4.78 is 10.5.